The summed E-state index contributed by atoms with van der Waals surface area (Å²) >= 11 is 6.16. The first-order valence-electron chi connectivity index (χ1n) is 8.82. The van der Waals surface area contributed by atoms with Crippen LogP contribution in [-0.4, -0.2) is 86.2 Å². The minimum atomic E-state index is 0.0110. The van der Waals surface area contributed by atoms with Gasteiger partial charge in [0.05, 0.1) is 0 Å². The predicted molar refractivity (Wildman–Crippen MR) is 102 cm³/mol. The van der Waals surface area contributed by atoms with Crippen molar-refractivity contribution in [2.75, 3.05) is 60.5 Å². The van der Waals surface area contributed by atoms with E-state index in [0.717, 1.165) is 25.2 Å². The highest BCUT2D eigenvalue weighted by atomic mass is 35.5. The zero-order valence-electron chi connectivity index (χ0n) is 15.7. The monoisotopic (exact) mass is 367 g/mol. The third-order valence-electron chi connectivity index (χ3n) is 5.07. The van der Waals surface area contributed by atoms with E-state index in [0.29, 0.717) is 29.6 Å². The Kier molecular flexibility index (Phi) is 7.25. The SMILES string of the molecule is Cc1c(Cl)cccc1C(=O)N1C[C@@H](CN(C)CCN(C)C)[C@@H](CO)C1. The average Bonchev–Trinajstić information content (AvgIpc) is 2.97. The normalized spacial score (nSPS) is 20.7. The summed E-state index contributed by atoms with van der Waals surface area (Å²) in [5.74, 6) is 0.433. The van der Waals surface area contributed by atoms with Gasteiger partial charge in [0.2, 0.25) is 0 Å². The highest BCUT2D eigenvalue weighted by molar-refractivity contribution is 6.31. The van der Waals surface area contributed by atoms with E-state index in [9.17, 15) is 9.90 Å². The largest absolute Gasteiger partial charge is 0.396 e. The van der Waals surface area contributed by atoms with Crippen LogP contribution in [0.1, 0.15) is 15.9 Å². The number of hydrogen-bond acceptors (Lipinski definition) is 4. The van der Waals surface area contributed by atoms with Crippen molar-refractivity contribution in [2.24, 2.45) is 11.8 Å². The Hall–Kier alpha value is -1.14. The zero-order valence-corrected chi connectivity index (χ0v) is 16.5. The molecule has 1 amide bonds. The highest BCUT2D eigenvalue weighted by Gasteiger charge is 2.36. The molecule has 1 aromatic rings. The second-order valence-corrected chi connectivity index (χ2v) is 7.80. The van der Waals surface area contributed by atoms with Crippen LogP contribution in [-0.2, 0) is 0 Å². The summed E-state index contributed by atoms with van der Waals surface area (Å²) in [6, 6.07) is 5.44. The van der Waals surface area contributed by atoms with Gasteiger partial charge >= 0.3 is 0 Å². The number of hydrogen-bond donors (Lipinski definition) is 1. The average molecular weight is 368 g/mol. The summed E-state index contributed by atoms with van der Waals surface area (Å²) in [7, 11) is 6.23. The van der Waals surface area contributed by atoms with Crippen LogP contribution in [0.2, 0.25) is 5.02 Å². The fraction of sp³-hybridized carbons (Fsp3) is 0.632. The molecule has 2 rings (SSSR count). The third-order valence-corrected chi connectivity index (χ3v) is 5.48. The Morgan fingerprint density at radius 3 is 2.56 bits per heavy atom. The fourth-order valence-electron chi connectivity index (χ4n) is 3.39. The molecule has 140 valence electrons. The van der Waals surface area contributed by atoms with E-state index >= 15 is 0 Å². The van der Waals surface area contributed by atoms with Crippen LogP contribution in [0.15, 0.2) is 18.2 Å². The van der Waals surface area contributed by atoms with Crippen molar-refractivity contribution >= 4 is 17.5 Å². The number of likely N-dealkylation sites (N-methyl/N-ethyl adjacent to an activating group) is 2. The molecule has 0 aliphatic carbocycles. The maximum atomic E-state index is 12.9. The molecule has 1 heterocycles. The number of carbonyl (C=O) groups excluding carboxylic acids is 1. The first kappa shape index (κ1) is 20.2. The van der Waals surface area contributed by atoms with Crippen molar-refractivity contribution in [2.45, 2.75) is 6.92 Å². The van der Waals surface area contributed by atoms with Crippen molar-refractivity contribution in [3.05, 3.63) is 34.3 Å². The molecule has 1 aliphatic rings. The maximum Gasteiger partial charge on any atom is 0.254 e. The topological polar surface area (TPSA) is 47.0 Å². The first-order chi connectivity index (χ1) is 11.8. The van der Waals surface area contributed by atoms with E-state index in [2.05, 4.69) is 30.9 Å². The smallest absolute Gasteiger partial charge is 0.254 e. The van der Waals surface area contributed by atoms with Gasteiger partial charge in [0.25, 0.3) is 5.91 Å². The summed E-state index contributed by atoms with van der Waals surface area (Å²) in [6.07, 6.45) is 0. The molecule has 25 heavy (non-hydrogen) atoms. The summed E-state index contributed by atoms with van der Waals surface area (Å²) in [6.45, 7) is 6.14. The van der Waals surface area contributed by atoms with Crippen molar-refractivity contribution < 1.29 is 9.90 Å². The van der Waals surface area contributed by atoms with Crippen LogP contribution in [0.4, 0.5) is 0 Å². The fourth-order valence-corrected chi connectivity index (χ4v) is 3.56. The van der Waals surface area contributed by atoms with E-state index in [4.69, 9.17) is 11.6 Å². The van der Waals surface area contributed by atoms with Crippen LogP contribution < -0.4 is 0 Å². The van der Waals surface area contributed by atoms with E-state index in [1.54, 1.807) is 6.07 Å². The molecule has 0 saturated carbocycles. The van der Waals surface area contributed by atoms with E-state index in [1.807, 2.05) is 24.0 Å². The zero-order chi connectivity index (χ0) is 18.6. The van der Waals surface area contributed by atoms with Gasteiger partial charge in [-0.1, -0.05) is 17.7 Å². The van der Waals surface area contributed by atoms with Crippen LogP contribution in [0.3, 0.4) is 0 Å². The van der Waals surface area contributed by atoms with E-state index < -0.39 is 0 Å². The number of carbonyl (C=O) groups is 1. The molecule has 0 radical (unpaired) electrons. The number of aliphatic hydroxyl groups excluding tert-OH is 1. The molecule has 0 bridgehead atoms. The number of benzene rings is 1. The Morgan fingerprint density at radius 2 is 1.92 bits per heavy atom. The van der Waals surface area contributed by atoms with Gasteiger partial charge in [0.15, 0.2) is 0 Å². The van der Waals surface area contributed by atoms with E-state index in [-0.39, 0.29) is 18.4 Å². The molecule has 0 unspecified atom stereocenters. The van der Waals surface area contributed by atoms with Crippen molar-refractivity contribution in [3.63, 3.8) is 0 Å². The number of likely N-dealkylation sites (tertiary alicyclic amines) is 1. The van der Waals surface area contributed by atoms with Crippen LogP contribution in [0.25, 0.3) is 0 Å². The van der Waals surface area contributed by atoms with Gasteiger partial charge in [-0.2, -0.15) is 0 Å². The summed E-state index contributed by atoms with van der Waals surface area (Å²) in [5, 5.41) is 10.4. The van der Waals surface area contributed by atoms with Crippen molar-refractivity contribution in [3.8, 4) is 0 Å². The quantitative estimate of drug-likeness (QED) is 0.798. The molecule has 0 aromatic heterocycles. The Morgan fingerprint density at radius 1 is 1.24 bits per heavy atom. The van der Waals surface area contributed by atoms with Gasteiger partial charge < -0.3 is 19.8 Å². The number of aliphatic hydroxyl groups is 1. The molecule has 6 heteroatoms. The van der Waals surface area contributed by atoms with Gasteiger partial charge in [0, 0.05) is 55.8 Å². The minimum absolute atomic E-state index is 0.0110. The lowest BCUT2D eigenvalue weighted by atomic mass is 9.96. The molecule has 2 atom stereocenters. The van der Waals surface area contributed by atoms with Crippen LogP contribution in [0.5, 0.6) is 0 Å². The molecular weight excluding hydrogens is 338 g/mol. The molecule has 1 N–H and O–H groups in total. The first-order valence-corrected chi connectivity index (χ1v) is 9.19. The molecule has 5 nitrogen and oxygen atoms in total. The van der Waals surface area contributed by atoms with Gasteiger partial charge in [-0.25, -0.2) is 0 Å². The summed E-state index contributed by atoms with van der Waals surface area (Å²) < 4.78 is 0. The number of amides is 1. The van der Waals surface area contributed by atoms with E-state index in [1.165, 1.54) is 0 Å². The summed E-state index contributed by atoms with van der Waals surface area (Å²) in [4.78, 5) is 19.2. The third kappa shape index (κ3) is 5.17. The lowest BCUT2D eigenvalue weighted by Gasteiger charge is -2.25. The van der Waals surface area contributed by atoms with Gasteiger partial charge in [-0.3, -0.25) is 4.79 Å². The second kappa shape index (κ2) is 8.99. The van der Waals surface area contributed by atoms with Crippen LogP contribution in [0, 0.1) is 18.8 Å². The molecule has 1 fully saturated rings. The Balaban J connectivity index is 2.02. The maximum absolute atomic E-state index is 12.9. The Labute approximate surface area is 156 Å². The molecular formula is C19H30ClN3O2. The van der Waals surface area contributed by atoms with Crippen molar-refractivity contribution in [1.29, 1.82) is 0 Å². The second-order valence-electron chi connectivity index (χ2n) is 7.39. The van der Waals surface area contributed by atoms with Crippen LogP contribution >= 0.6 is 11.6 Å². The lowest BCUT2D eigenvalue weighted by Crippen LogP contribution is -2.35. The van der Waals surface area contributed by atoms with Crippen molar-refractivity contribution in [1.82, 2.24) is 14.7 Å². The number of nitrogens with zero attached hydrogens (tertiary/aromatic N) is 3. The number of rotatable bonds is 7. The molecule has 1 saturated heterocycles. The molecule has 1 aromatic carbocycles. The lowest BCUT2D eigenvalue weighted by molar-refractivity contribution is 0.0778. The van der Waals surface area contributed by atoms with Gasteiger partial charge in [-0.05, 0) is 51.7 Å². The van der Waals surface area contributed by atoms with Gasteiger partial charge in [0.1, 0.15) is 0 Å². The molecule has 0 spiro atoms. The van der Waals surface area contributed by atoms with Gasteiger partial charge in [-0.15, -0.1) is 0 Å². The Bertz CT molecular complexity index is 594. The standard InChI is InChI=1S/C19H30ClN3O2/c1-14-17(6-5-7-18(14)20)19(25)23-11-15(16(12-23)13-24)10-22(4)9-8-21(2)3/h5-7,15-16,24H,8-13H2,1-4H3/t15-,16-/m1/s1. The highest BCUT2D eigenvalue weighted by Crippen LogP contribution is 2.27. The number of halogens is 1. The predicted octanol–water partition coefficient (Wildman–Crippen LogP) is 1.82. The summed E-state index contributed by atoms with van der Waals surface area (Å²) in [5.41, 5.74) is 1.48. The minimum Gasteiger partial charge on any atom is -0.396 e. The molecule has 1 aliphatic heterocycles.